The van der Waals surface area contributed by atoms with E-state index in [0.29, 0.717) is 11.4 Å². The van der Waals surface area contributed by atoms with Crippen LogP contribution in [0.3, 0.4) is 0 Å². The van der Waals surface area contributed by atoms with Crippen LogP contribution in [0.25, 0.3) is 0 Å². The summed E-state index contributed by atoms with van der Waals surface area (Å²) in [7, 11) is 1.43. The van der Waals surface area contributed by atoms with E-state index < -0.39 is 12.5 Å². The van der Waals surface area contributed by atoms with Crippen molar-refractivity contribution in [2.45, 2.75) is 12.5 Å². The minimum Gasteiger partial charge on any atom is -0.467 e. The Bertz CT molecular complexity index is 909. The minimum atomic E-state index is -1.11. The quantitative estimate of drug-likeness (QED) is 0.414. The highest BCUT2D eigenvalue weighted by Crippen LogP contribution is 2.30. The number of nitrogens with zero attached hydrogens (tertiary/aromatic N) is 5. The van der Waals surface area contributed by atoms with Gasteiger partial charge >= 0.3 is 6.01 Å². The largest absolute Gasteiger partial charge is 0.467 e. The second-order valence-electron chi connectivity index (χ2n) is 6.13. The molecule has 0 aliphatic carbocycles. The lowest BCUT2D eigenvalue weighted by Crippen LogP contribution is -2.33. The zero-order chi connectivity index (χ0) is 21.5. The summed E-state index contributed by atoms with van der Waals surface area (Å²) in [6.45, 7) is 7.33. The van der Waals surface area contributed by atoms with Gasteiger partial charge in [-0.05, 0) is 36.4 Å². The Hall–Kier alpha value is -3.75. The van der Waals surface area contributed by atoms with Crippen molar-refractivity contribution in [1.29, 1.82) is 0 Å². The van der Waals surface area contributed by atoms with Crippen LogP contribution >= 0.6 is 0 Å². The highest BCUT2D eigenvalue weighted by molar-refractivity contribution is 5.63. The average molecular weight is 405 g/mol. The summed E-state index contributed by atoms with van der Waals surface area (Å²) < 4.78 is 5.26. The number of benzene rings is 2. The van der Waals surface area contributed by atoms with Crippen molar-refractivity contribution < 1.29 is 14.9 Å². The number of ether oxygens (including phenoxy) is 1. The number of aliphatic hydroxyl groups excluding tert-OH is 2. The van der Waals surface area contributed by atoms with E-state index in [1.54, 1.807) is 24.3 Å². The molecule has 0 spiro atoms. The van der Waals surface area contributed by atoms with Gasteiger partial charge in [-0.2, -0.15) is 15.0 Å². The minimum absolute atomic E-state index is 0.0180. The van der Waals surface area contributed by atoms with Gasteiger partial charge in [-0.25, -0.2) is 0 Å². The van der Waals surface area contributed by atoms with Crippen molar-refractivity contribution in [2.24, 2.45) is 0 Å². The molecular formula is C22H23N5O3. The first-order chi connectivity index (χ1) is 14.6. The molecule has 3 rings (SSSR count). The van der Waals surface area contributed by atoms with Crippen molar-refractivity contribution in [3.8, 4) is 6.01 Å². The van der Waals surface area contributed by atoms with Gasteiger partial charge in [-0.3, -0.25) is 9.80 Å². The van der Waals surface area contributed by atoms with Gasteiger partial charge < -0.3 is 14.9 Å². The molecule has 154 valence electrons. The fourth-order valence-corrected chi connectivity index (χ4v) is 2.80. The number of anilines is 4. The SMILES string of the molecule is C=CC(O)N(c1ccccc1)c1nc(OC)nc(N(c2ccccc2)C(O)C=C)n1. The maximum Gasteiger partial charge on any atom is 0.322 e. The maximum atomic E-state index is 10.6. The standard InChI is InChI=1S/C22H23N5O3/c1-4-18(28)26(16-12-8-6-9-13-16)20-23-21(25-22(24-20)30-3)27(19(29)5-2)17-14-10-7-11-15-17/h4-15,18-19,28-29H,1-2H2,3H3. The van der Waals surface area contributed by atoms with E-state index >= 15 is 0 Å². The zero-order valence-electron chi connectivity index (χ0n) is 16.5. The van der Waals surface area contributed by atoms with Crippen LogP contribution in [-0.2, 0) is 0 Å². The molecule has 3 aromatic rings. The van der Waals surface area contributed by atoms with Gasteiger partial charge in [0, 0.05) is 11.4 Å². The number of hydrogen-bond acceptors (Lipinski definition) is 8. The van der Waals surface area contributed by atoms with Crippen LogP contribution in [0.15, 0.2) is 86.0 Å². The van der Waals surface area contributed by atoms with Crippen LogP contribution in [-0.4, -0.2) is 44.7 Å². The molecule has 0 bridgehead atoms. The van der Waals surface area contributed by atoms with E-state index in [-0.39, 0.29) is 17.9 Å². The molecule has 2 unspecified atom stereocenters. The van der Waals surface area contributed by atoms with E-state index in [4.69, 9.17) is 4.74 Å². The summed E-state index contributed by atoms with van der Waals surface area (Å²) >= 11 is 0. The number of rotatable bonds is 9. The maximum absolute atomic E-state index is 10.6. The topological polar surface area (TPSA) is 94.8 Å². The third-order valence-electron chi connectivity index (χ3n) is 4.22. The molecule has 2 atom stereocenters. The Morgan fingerprint density at radius 3 is 1.50 bits per heavy atom. The van der Waals surface area contributed by atoms with Gasteiger partial charge in [0.05, 0.1) is 7.11 Å². The Morgan fingerprint density at radius 1 is 0.767 bits per heavy atom. The lowest BCUT2D eigenvalue weighted by Gasteiger charge is -2.29. The van der Waals surface area contributed by atoms with Gasteiger partial charge in [-0.15, -0.1) is 0 Å². The van der Waals surface area contributed by atoms with Crippen molar-refractivity contribution in [1.82, 2.24) is 15.0 Å². The molecule has 0 amide bonds. The predicted molar refractivity (Wildman–Crippen MR) is 116 cm³/mol. The zero-order valence-corrected chi connectivity index (χ0v) is 16.5. The third kappa shape index (κ3) is 4.45. The van der Waals surface area contributed by atoms with E-state index in [1.165, 1.54) is 29.1 Å². The molecule has 8 nitrogen and oxygen atoms in total. The lowest BCUT2D eigenvalue weighted by molar-refractivity contribution is 0.225. The van der Waals surface area contributed by atoms with Crippen LogP contribution in [0.1, 0.15) is 0 Å². The normalized spacial score (nSPS) is 12.5. The molecular weight excluding hydrogens is 382 g/mol. The smallest absolute Gasteiger partial charge is 0.322 e. The Balaban J connectivity index is 2.18. The number of para-hydroxylation sites is 2. The first-order valence-corrected chi connectivity index (χ1v) is 9.19. The first kappa shape index (κ1) is 21.0. The van der Waals surface area contributed by atoms with E-state index in [9.17, 15) is 10.2 Å². The van der Waals surface area contributed by atoms with E-state index in [2.05, 4.69) is 28.1 Å². The molecule has 0 aliphatic heterocycles. The molecule has 1 aromatic heterocycles. The summed E-state index contributed by atoms with van der Waals surface area (Å²) in [4.78, 5) is 16.1. The average Bonchev–Trinajstić information content (AvgIpc) is 2.80. The second-order valence-corrected chi connectivity index (χ2v) is 6.13. The fourth-order valence-electron chi connectivity index (χ4n) is 2.80. The van der Waals surface area contributed by atoms with Crippen LogP contribution in [0, 0.1) is 0 Å². The molecule has 0 radical (unpaired) electrons. The number of aliphatic hydroxyl groups is 2. The summed E-state index contributed by atoms with van der Waals surface area (Å²) in [6.07, 6.45) is 0.496. The number of methoxy groups -OCH3 is 1. The van der Waals surface area contributed by atoms with Crippen molar-refractivity contribution in [3.63, 3.8) is 0 Å². The van der Waals surface area contributed by atoms with Gasteiger partial charge in [0.1, 0.15) is 0 Å². The summed E-state index contributed by atoms with van der Waals surface area (Å²) in [5.74, 6) is 0.236. The van der Waals surface area contributed by atoms with Crippen LogP contribution in [0.4, 0.5) is 23.3 Å². The third-order valence-corrected chi connectivity index (χ3v) is 4.22. The monoisotopic (exact) mass is 405 g/mol. The van der Waals surface area contributed by atoms with Crippen LogP contribution < -0.4 is 14.5 Å². The van der Waals surface area contributed by atoms with E-state index in [0.717, 1.165) is 0 Å². The molecule has 0 aliphatic rings. The summed E-state index contributed by atoms with van der Waals surface area (Å²) in [6, 6.07) is 18.3. The highest BCUT2D eigenvalue weighted by Gasteiger charge is 2.25. The Morgan fingerprint density at radius 2 is 1.17 bits per heavy atom. The molecule has 8 heteroatoms. The molecule has 1 heterocycles. The van der Waals surface area contributed by atoms with E-state index in [1.807, 2.05) is 36.4 Å². The molecule has 2 N–H and O–H groups in total. The van der Waals surface area contributed by atoms with Crippen molar-refractivity contribution in [2.75, 3.05) is 16.9 Å². The van der Waals surface area contributed by atoms with Gasteiger partial charge in [0.25, 0.3) is 0 Å². The van der Waals surface area contributed by atoms with Crippen molar-refractivity contribution >= 4 is 23.3 Å². The number of aromatic nitrogens is 3. The first-order valence-electron chi connectivity index (χ1n) is 9.19. The van der Waals surface area contributed by atoms with Crippen LogP contribution in [0.2, 0.25) is 0 Å². The molecule has 0 saturated carbocycles. The molecule has 0 saturated heterocycles. The summed E-state index contributed by atoms with van der Waals surface area (Å²) in [5, 5.41) is 21.2. The number of hydrogen-bond donors (Lipinski definition) is 2. The molecule has 2 aromatic carbocycles. The predicted octanol–water partition coefficient (Wildman–Crippen LogP) is 3.17. The molecule has 30 heavy (non-hydrogen) atoms. The Kier molecular flexibility index (Phi) is 6.74. The summed E-state index contributed by atoms with van der Waals surface area (Å²) in [5.41, 5.74) is 1.28. The lowest BCUT2D eigenvalue weighted by atomic mass is 10.2. The highest BCUT2D eigenvalue weighted by atomic mass is 16.5. The fraction of sp³-hybridized carbons (Fsp3) is 0.136. The Labute approximate surface area is 175 Å². The van der Waals surface area contributed by atoms with Gasteiger partial charge in [-0.1, -0.05) is 49.6 Å². The van der Waals surface area contributed by atoms with Gasteiger partial charge in [0.2, 0.25) is 11.9 Å². The molecule has 0 fully saturated rings. The second kappa shape index (κ2) is 9.64. The van der Waals surface area contributed by atoms with Crippen LogP contribution in [0.5, 0.6) is 6.01 Å². The van der Waals surface area contributed by atoms with Gasteiger partial charge in [0.15, 0.2) is 12.5 Å². The van der Waals surface area contributed by atoms with Crippen molar-refractivity contribution in [3.05, 3.63) is 86.0 Å².